The molecule has 0 radical (unpaired) electrons. The Labute approximate surface area is 177 Å². The molecule has 29 heavy (non-hydrogen) atoms. The standard InChI is InChI=1S/C22H33ClN4O2/c1-21(2,3)19(28)24-13-14-6-7-17(23)16(12-14)18-25-20(29)27(26-18)15-8-10-22(4,5)11-9-15/h6-7,12,15,19,24,28H,8-11,13H2,1-5H3,(H,25,26,29). The highest BCUT2D eigenvalue weighted by Gasteiger charge is 2.29. The number of H-pyrrole nitrogens is 1. The molecular weight excluding hydrogens is 388 g/mol. The molecule has 0 amide bonds. The van der Waals surface area contributed by atoms with Crippen LogP contribution in [0.4, 0.5) is 0 Å². The van der Waals surface area contributed by atoms with E-state index in [2.05, 4.69) is 29.2 Å². The molecule has 1 unspecified atom stereocenters. The summed E-state index contributed by atoms with van der Waals surface area (Å²) in [7, 11) is 0. The molecule has 6 nitrogen and oxygen atoms in total. The number of aliphatic hydroxyl groups is 1. The lowest BCUT2D eigenvalue weighted by Gasteiger charge is -2.33. The lowest BCUT2D eigenvalue weighted by molar-refractivity contribution is 0.0317. The van der Waals surface area contributed by atoms with Crippen LogP contribution in [0.3, 0.4) is 0 Å². The molecular formula is C22H33ClN4O2. The summed E-state index contributed by atoms with van der Waals surface area (Å²) < 4.78 is 1.59. The Morgan fingerprint density at radius 1 is 1.34 bits per heavy atom. The van der Waals surface area contributed by atoms with Gasteiger partial charge in [-0.2, -0.15) is 0 Å². The second kappa shape index (κ2) is 8.25. The number of aromatic nitrogens is 3. The lowest BCUT2D eigenvalue weighted by Crippen LogP contribution is -2.39. The van der Waals surface area contributed by atoms with Gasteiger partial charge in [-0.3, -0.25) is 10.3 Å². The van der Waals surface area contributed by atoms with E-state index in [1.54, 1.807) is 10.7 Å². The van der Waals surface area contributed by atoms with Crippen LogP contribution in [-0.2, 0) is 6.54 Å². The van der Waals surface area contributed by atoms with Gasteiger partial charge in [0.15, 0.2) is 5.82 Å². The van der Waals surface area contributed by atoms with Crippen molar-refractivity contribution in [3.05, 3.63) is 39.3 Å². The molecule has 0 bridgehead atoms. The van der Waals surface area contributed by atoms with Crippen LogP contribution in [0.1, 0.15) is 71.9 Å². The normalized spacial score (nSPS) is 18.7. The molecule has 1 fully saturated rings. The third kappa shape index (κ3) is 5.30. The number of nitrogens with zero attached hydrogens (tertiary/aromatic N) is 2. The van der Waals surface area contributed by atoms with E-state index in [9.17, 15) is 9.90 Å². The summed E-state index contributed by atoms with van der Waals surface area (Å²) in [6, 6.07) is 5.76. The summed E-state index contributed by atoms with van der Waals surface area (Å²) >= 11 is 6.41. The van der Waals surface area contributed by atoms with Gasteiger partial charge in [0, 0.05) is 17.5 Å². The molecule has 0 saturated heterocycles. The van der Waals surface area contributed by atoms with Crippen LogP contribution in [0.2, 0.25) is 5.02 Å². The maximum atomic E-state index is 12.6. The fourth-order valence-corrected chi connectivity index (χ4v) is 3.93. The van der Waals surface area contributed by atoms with Crippen LogP contribution >= 0.6 is 11.6 Å². The molecule has 1 atom stereocenters. The van der Waals surface area contributed by atoms with E-state index >= 15 is 0 Å². The molecule has 0 spiro atoms. The van der Waals surface area contributed by atoms with Crippen molar-refractivity contribution in [3.8, 4) is 11.4 Å². The number of hydrogen-bond donors (Lipinski definition) is 3. The van der Waals surface area contributed by atoms with E-state index in [0.29, 0.717) is 28.4 Å². The number of nitrogens with one attached hydrogen (secondary N) is 2. The van der Waals surface area contributed by atoms with E-state index in [4.69, 9.17) is 11.6 Å². The van der Waals surface area contributed by atoms with Crippen LogP contribution in [-0.4, -0.2) is 26.1 Å². The van der Waals surface area contributed by atoms with Gasteiger partial charge in [-0.1, -0.05) is 52.3 Å². The Kier molecular flexibility index (Phi) is 6.27. The van der Waals surface area contributed by atoms with Crippen molar-refractivity contribution >= 4 is 11.6 Å². The number of aromatic amines is 1. The van der Waals surface area contributed by atoms with E-state index in [1.165, 1.54) is 0 Å². The Bertz CT molecular complexity index is 900. The highest BCUT2D eigenvalue weighted by Crippen LogP contribution is 2.39. The fraction of sp³-hybridized carbons (Fsp3) is 0.636. The van der Waals surface area contributed by atoms with Gasteiger partial charge in [0.2, 0.25) is 0 Å². The molecule has 1 aromatic heterocycles. The average Bonchev–Trinajstić information content (AvgIpc) is 3.01. The van der Waals surface area contributed by atoms with Crippen LogP contribution < -0.4 is 11.0 Å². The molecule has 7 heteroatoms. The Morgan fingerprint density at radius 2 is 2.00 bits per heavy atom. The third-order valence-corrected chi connectivity index (χ3v) is 6.23. The van der Waals surface area contributed by atoms with Crippen molar-refractivity contribution in [1.82, 2.24) is 20.1 Å². The van der Waals surface area contributed by atoms with Gasteiger partial charge >= 0.3 is 5.69 Å². The second-order valence-electron chi connectivity index (χ2n) is 10.1. The molecule has 1 aliphatic rings. The Morgan fingerprint density at radius 3 is 2.62 bits per heavy atom. The second-order valence-corrected chi connectivity index (χ2v) is 10.5. The molecule has 1 aliphatic carbocycles. The van der Waals surface area contributed by atoms with Crippen molar-refractivity contribution in [3.63, 3.8) is 0 Å². The smallest absolute Gasteiger partial charge is 0.343 e. The molecule has 2 aromatic rings. The van der Waals surface area contributed by atoms with Crippen molar-refractivity contribution in [2.45, 2.75) is 79.1 Å². The minimum Gasteiger partial charge on any atom is -0.378 e. The monoisotopic (exact) mass is 420 g/mol. The van der Waals surface area contributed by atoms with Crippen LogP contribution in [0, 0.1) is 10.8 Å². The molecule has 160 valence electrons. The summed E-state index contributed by atoms with van der Waals surface area (Å²) in [5.41, 5.74) is 1.55. The maximum absolute atomic E-state index is 12.6. The van der Waals surface area contributed by atoms with Gasteiger partial charge in [-0.05, 0) is 48.8 Å². The van der Waals surface area contributed by atoms with Gasteiger partial charge < -0.3 is 5.11 Å². The zero-order chi connectivity index (χ0) is 21.4. The fourth-order valence-electron chi connectivity index (χ4n) is 3.72. The van der Waals surface area contributed by atoms with Crippen molar-refractivity contribution < 1.29 is 5.11 Å². The van der Waals surface area contributed by atoms with Gasteiger partial charge in [0.1, 0.15) is 6.23 Å². The summed E-state index contributed by atoms with van der Waals surface area (Å²) in [6.07, 6.45) is 3.46. The van der Waals surface area contributed by atoms with Gasteiger partial charge in [0.05, 0.1) is 11.1 Å². The maximum Gasteiger partial charge on any atom is 0.343 e. The molecule has 3 rings (SSSR count). The lowest BCUT2D eigenvalue weighted by atomic mass is 9.76. The first-order valence-corrected chi connectivity index (χ1v) is 10.7. The molecule has 0 aliphatic heterocycles. The van der Waals surface area contributed by atoms with Crippen LogP contribution in [0.25, 0.3) is 11.4 Å². The van der Waals surface area contributed by atoms with Crippen LogP contribution in [0.15, 0.2) is 23.0 Å². The zero-order valence-corrected chi connectivity index (χ0v) is 18.8. The highest BCUT2D eigenvalue weighted by atomic mass is 35.5. The predicted octanol–water partition coefficient (Wildman–Crippen LogP) is 4.49. The summed E-state index contributed by atoms with van der Waals surface area (Å²) in [6.45, 7) is 11.0. The predicted molar refractivity (Wildman–Crippen MR) is 117 cm³/mol. The minimum absolute atomic E-state index is 0.131. The first-order chi connectivity index (χ1) is 13.5. The molecule has 3 N–H and O–H groups in total. The minimum atomic E-state index is -0.629. The summed E-state index contributed by atoms with van der Waals surface area (Å²) in [4.78, 5) is 15.4. The van der Waals surface area contributed by atoms with E-state index in [0.717, 1.165) is 31.2 Å². The number of halogens is 1. The van der Waals surface area contributed by atoms with Gasteiger partial charge in [-0.25, -0.2) is 9.48 Å². The van der Waals surface area contributed by atoms with Crippen LogP contribution in [0.5, 0.6) is 0 Å². The van der Waals surface area contributed by atoms with Crippen molar-refractivity contribution in [2.24, 2.45) is 10.8 Å². The average molecular weight is 421 g/mol. The molecule has 1 heterocycles. The number of hydrogen-bond acceptors (Lipinski definition) is 4. The number of aliphatic hydroxyl groups excluding tert-OH is 1. The highest BCUT2D eigenvalue weighted by molar-refractivity contribution is 6.33. The van der Waals surface area contributed by atoms with Gasteiger partial charge in [0.25, 0.3) is 0 Å². The summed E-state index contributed by atoms with van der Waals surface area (Å²) in [5.74, 6) is 0.489. The summed E-state index contributed by atoms with van der Waals surface area (Å²) in [5, 5.41) is 18.5. The first kappa shape index (κ1) is 22.1. The van der Waals surface area contributed by atoms with E-state index in [1.807, 2.05) is 32.9 Å². The van der Waals surface area contributed by atoms with Gasteiger partial charge in [-0.15, -0.1) is 5.10 Å². The largest absolute Gasteiger partial charge is 0.378 e. The number of benzene rings is 1. The zero-order valence-electron chi connectivity index (χ0n) is 18.1. The van der Waals surface area contributed by atoms with E-state index < -0.39 is 6.23 Å². The first-order valence-electron chi connectivity index (χ1n) is 10.4. The van der Waals surface area contributed by atoms with E-state index in [-0.39, 0.29) is 17.1 Å². The topological polar surface area (TPSA) is 82.9 Å². The van der Waals surface area contributed by atoms with Crippen molar-refractivity contribution in [1.29, 1.82) is 0 Å². The quantitative estimate of drug-likeness (QED) is 0.622. The molecule has 1 aromatic carbocycles. The van der Waals surface area contributed by atoms with Crippen molar-refractivity contribution in [2.75, 3.05) is 0 Å². The number of rotatable bonds is 5. The third-order valence-electron chi connectivity index (χ3n) is 5.90. The molecule has 1 saturated carbocycles. The Balaban J connectivity index is 1.79. The Hall–Kier alpha value is -1.63. The SMILES string of the molecule is CC1(C)CCC(n2nc(-c3cc(CNC(O)C(C)(C)C)ccc3Cl)[nH]c2=O)CC1.